The number of alkyl halides is 1. The minimum Gasteiger partial charge on any atom is -0.508 e. The second-order valence-electron chi connectivity index (χ2n) is 21.1. The maximum atomic E-state index is 11.9. The first kappa shape index (κ1) is 73.1. The standard InChI is InChI=1S/C19H18N2O4.C17H16N4O4.C16H14N4O4.C12H12N2O4.C5H5ClN2/c1-13(22)19-16-10-15(25-12-14-6-4-3-5-7-14)8-9-17(16)21(20-19)11-18(23)24-2;1-11(22)17-13-8-12(25-10-15-18-6-3-7-19-15)4-5-14(13)21(20-17)9-16(23)24-2;1-10(21)16-12-7-11(24-9-14-17-5-2-6-18-14)3-4-13(12)20(19-16)8-15(22)23;1-7(15)12-9-5-8(16)3-4-10(9)14(13-12)6-11(17)18-2;6-4-5-7-2-1-3-8-5/h3-10H,11-12H2,1-2H3;3-8H,9-10H2,1-2H3;2-7H,8-9H2,1H3,(H,22,23);3-5,16H,6H2,1-2H3;1-3H,4H2. The van der Waals surface area contributed by atoms with E-state index in [9.17, 15) is 43.5 Å². The Labute approximate surface area is 574 Å². The lowest BCUT2D eigenvalue weighted by Gasteiger charge is -2.07. The number of nitrogens with zero attached hydrogens (tertiary/aromatic N) is 14. The number of halogens is 1. The minimum absolute atomic E-state index is 0.0441. The van der Waals surface area contributed by atoms with E-state index in [0.29, 0.717) is 96.5 Å². The minimum atomic E-state index is -1.03. The number of carbonyl (C=O) groups excluding carboxylic acids is 7. The van der Waals surface area contributed by atoms with Crippen LogP contribution in [0.1, 0.15) is 92.7 Å². The fraction of sp³-hybridized carbons (Fsp3) is 0.217. The molecule has 12 aromatic rings. The van der Waals surface area contributed by atoms with E-state index in [0.717, 1.165) is 5.56 Å². The van der Waals surface area contributed by atoms with Crippen LogP contribution in [0.2, 0.25) is 0 Å². The summed E-state index contributed by atoms with van der Waals surface area (Å²) in [5.41, 5.74) is 4.58. The number of fused-ring (bicyclic) bond motifs is 4. The Balaban J connectivity index is 0.000000164. The van der Waals surface area contributed by atoms with Crippen LogP contribution in [-0.2, 0) is 85.3 Å². The number of rotatable bonds is 22. The molecular weight excluding hydrogens is 1320 g/mol. The highest BCUT2D eigenvalue weighted by Crippen LogP contribution is 2.29. The van der Waals surface area contributed by atoms with Gasteiger partial charge < -0.3 is 38.6 Å². The van der Waals surface area contributed by atoms with Crippen LogP contribution in [0.3, 0.4) is 0 Å². The van der Waals surface area contributed by atoms with Gasteiger partial charge >= 0.3 is 23.9 Å². The molecule has 0 aliphatic carbocycles. The van der Waals surface area contributed by atoms with Crippen LogP contribution >= 0.6 is 11.6 Å². The van der Waals surface area contributed by atoms with Gasteiger partial charge in [-0.1, -0.05) is 30.3 Å². The van der Waals surface area contributed by atoms with Gasteiger partial charge in [-0.3, -0.25) is 57.1 Å². The number of aromatic hydroxyl groups is 1. The van der Waals surface area contributed by atoms with Crippen molar-refractivity contribution in [3.8, 4) is 23.0 Å². The highest BCUT2D eigenvalue weighted by molar-refractivity contribution is 6.16. The van der Waals surface area contributed by atoms with Gasteiger partial charge in [0.15, 0.2) is 34.8 Å². The third-order valence-electron chi connectivity index (χ3n) is 14.0. The molecule has 0 amide bonds. The molecule has 0 fully saturated rings. The quantitative estimate of drug-likeness (QED) is 0.0277. The average molecular weight is 1380 g/mol. The first-order valence-electron chi connectivity index (χ1n) is 30.1. The largest absolute Gasteiger partial charge is 0.508 e. The first-order valence-corrected chi connectivity index (χ1v) is 30.6. The maximum absolute atomic E-state index is 11.9. The number of esters is 3. The van der Waals surface area contributed by atoms with Crippen LogP contribution in [0.4, 0.5) is 0 Å². The number of methoxy groups -OCH3 is 3. The van der Waals surface area contributed by atoms with Gasteiger partial charge in [-0.05, 0) is 96.6 Å². The monoisotopic (exact) mass is 1380 g/mol. The van der Waals surface area contributed by atoms with E-state index in [-0.39, 0.29) is 85.4 Å². The number of phenols is 1. The maximum Gasteiger partial charge on any atom is 0.327 e. The van der Waals surface area contributed by atoms with Crippen molar-refractivity contribution in [2.24, 2.45) is 0 Å². The molecule has 12 rings (SSSR count). The number of carboxylic acids is 1. The molecule has 0 radical (unpaired) electrons. The zero-order chi connectivity index (χ0) is 71.8. The highest BCUT2D eigenvalue weighted by atomic mass is 35.5. The number of aliphatic carboxylic acids is 1. The highest BCUT2D eigenvalue weighted by Gasteiger charge is 2.21. The Kier molecular flexibility index (Phi) is 25.8. The van der Waals surface area contributed by atoms with Gasteiger partial charge in [0, 0.05) is 86.4 Å². The Morgan fingerprint density at radius 1 is 0.390 bits per heavy atom. The predicted molar refractivity (Wildman–Crippen MR) is 359 cm³/mol. The van der Waals surface area contributed by atoms with Gasteiger partial charge in [-0.25, -0.2) is 29.9 Å². The number of phenolic OH excluding ortho intramolecular Hbond substituents is 1. The summed E-state index contributed by atoms with van der Waals surface area (Å²) in [6, 6.07) is 35.1. The van der Waals surface area contributed by atoms with E-state index in [2.05, 4.69) is 64.5 Å². The third-order valence-corrected chi connectivity index (χ3v) is 14.2. The van der Waals surface area contributed by atoms with Crippen LogP contribution in [0.25, 0.3) is 43.6 Å². The van der Waals surface area contributed by atoms with E-state index < -0.39 is 23.9 Å². The molecule has 0 aliphatic heterocycles. The second kappa shape index (κ2) is 35.3. The molecule has 0 saturated carbocycles. The van der Waals surface area contributed by atoms with Crippen molar-refractivity contribution in [1.82, 2.24) is 69.0 Å². The molecule has 0 spiro atoms. The summed E-state index contributed by atoms with van der Waals surface area (Å²) in [6.45, 7) is 5.95. The Morgan fingerprint density at radius 2 is 0.700 bits per heavy atom. The van der Waals surface area contributed by atoms with E-state index in [1.54, 1.807) is 116 Å². The van der Waals surface area contributed by atoms with Crippen LogP contribution < -0.4 is 14.2 Å². The summed E-state index contributed by atoms with van der Waals surface area (Å²) in [4.78, 5) is 116. The molecule has 0 aliphatic rings. The average Bonchev–Trinajstić information content (AvgIpc) is 1.66. The van der Waals surface area contributed by atoms with Crippen molar-refractivity contribution in [2.45, 2.75) is 79.6 Å². The SMILES string of the molecule is CC(=O)c1nn(CC(=O)O)c2ccc(OCc3ncccn3)cc12.COC(=O)Cn1nc(C(C)=O)c2cc(O)ccc21.COC(=O)Cn1nc(C(C)=O)c2cc(OCc3ccccc3)ccc21.COC(=O)Cn1nc(C(C)=O)c2cc(OCc3ncccn3)ccc21.ClCc1ncccn1. The van der Waals surface area contributed by atoms with Crippen molar-refractivity contribution < 1.29 is 77.0 Å². The summed E-state index contributed by atoms with van der Waals surface area (Å²) in [5.74, 6) is 0.708. The third kappa shape index (κ3) is 19.9. The molecule has 7 heterocycles. The molecule has 0 atom stereocenters. The summed E-state index contributed by atoms with van der Waals surface area (Å²) in [7, 11) is 3.90. The number of ketones is 4. The topological polar surface area (TPSA) is 381 Å². The van der Waals surface area contributed by atoms with E-state index in [4.69, 9.17) is 30.9 Å². The fourth-order valence-corrected chi connectivity index (χ4v) is 9.51. The molecule has 0 saturated heterocycles. The van der Waals surface area contributed by atoms with Gasteiger partial charge in [0.2, 0.25) is 0 Å². The molecular formula is C69H65ClN14O16. The molecule has 7 aromatic heterocycles. The van der Waals surface area contributed by atoms with Gasteiger partial charge in [-0.15, -0.1) is 11.6 Å². The Bertz CT molecular complexity index is 4720. The van der Waals surface area contributed by atoms with Crippen LogP contribution in [0, 0.1) is 0 Å². The van der Waals surface area contributed by atoms with Gasteiger partial charge in [0.05, 0.1) is 49.3 Å². The van der Waals surface area contributed by atoms with Crippen LogP contribution in [0.5, 0.6) is 23.0 Å². The molecule has 100 heavy (non-hydrogen) atoms. The van der Waals surface area contributed by atoms with E-state index in [1.807, 2.05) is 30.3 Å². The predicted octanol–water partition coefficient (Wildman–Crippen LogP) is 8.80. The first-order chi connectivity index (χ1) is 48.2. The lowest BCUT2D eigenvalue weighted by molar-refractivity contribution is -0.142. The lowest BCUT2D eigenvalue weighted by Crippen LogP contribution is -2.13. The van der Waals surface area contributed by atoms with Crippen molar-refractivity contribution >= 4 is 102 Å². The molecule has 0 bridgehead atoms. The Hall–Kier alpha value is -12.7. The number of carboxylic acid groups (broad SMARTS) is 1. The number of ether oxygens (including phenoxy) is 6. The zero-order valence-corrected chi connectivity index (χ0v) is 55.7. The van der Waals surface area contributed by atoms with Crippen molar-refractivity contribution in [3.63, 3.8) is 0 Å². The van der Waals surface area contributed by atoms with Crippen LogP contribution in [0.15, 0.2) is 159 Å². The number of benzene rings is 5. The summed E-state index contributed by atoms with van der Waals surface area (Å²) < 4.78 is 36.6. The lowest BCUT2D eigenvalue weighted by atomic mass is 10.1. The smallest absolute Gasteiger partial charge is 0.327 e. The van der Waals surface area contributed by atoms with Crippen molar-refractivity contribution in [2.75, 3.05) is 21.3 Å². The van der Waals surface area contributed by atoms with Crippen molar-refractivity contribution in [3.05, 3.63) is 204 Å². The molecule has 2 N–H and O–H groups in total. The number of aromatic nitrogens is 14. The molecule has 31 heteroatoms. The summed E-state index contributed by atoms with van der Waals surface area (Å²) in [6.07, 6.45) is 9.87. The zero-order valence-electron chi connectivity index (χ0n) is 54.9. The van der Waals surface area contributed by atoms with Crippen LogP contribution in [-0.4, -0.2) is 148 Å². The summed E-state index contributed by atoms with van der Waals surface area (Å²) in [5, 5.41) is 37.4. The second-order valence-corrected chi connectivity index (χ2v) is 21.4. The number of hydrogen-bond acceptors (Lipinski definition) is 25. The Morgan fingerprint density at radius 3 is 1.01 bits per heavy atom. The summed E-state index contributed by atoms with van der Waals surface area (Å²) >= 11 is 5.40. The van der Waals surface area contributed by atoms with Gasteiger partial charge in [0.1, 0.15) is 97.6 Å². The number of Topliss-reactive ketones (excluding diaryl/α,β-unsaturated/α-hetero) is 4. The van der Waals surface area contributed by atoms with E-state index in [1.165, 1.54) is 79.9 Å². The molecule has 5 aromatic carbocycles. The number of carbonyl (C=O) groups is 8. The van der Waals surface area contributed by atoms with Gasteiger partial charge in [-0.2, -0.15) is 20.4 Å². The van der Waals surface area contributed by atoms with Crippen molar-refractivity contribution in [1.29, 1.82) is 0 Å². The molecule has 0 unspecified atom stereocenters. The molecule has 30 nitrogen and oxygen atoms in total. The fourth-order valence-electron chi connectivity index (χ4n) is 9.37. The van der Waals surface area contributed by atoms with Gasteiger partial charge in [0.25, 0.3) is 0 Å². The normalized spacial score (nSPS) is 10.5. The molecule has 514 valence electrons. The van der Waals surface area contributed by atoms with E-state index >= 15 is 0 Å². The number of hydrogen-bond donors (Lipinski definition) is 2.